The van der Waals surface area contributed by atoms with Gasteiger partial charge < -0.3 is 26.4 Å². The van der Waals surface area contributed by atoms with Crippen molar-refractivity contribution in [3.8, 4) is 0 Å². The summed E-state index contributed by atoms with van der Waals surface area (Å²) in [7, 11) is 1.88. The summed E-state index contributed by atoms with van der Waals surface area (Å²) in [4.78, 5) is 22.9. The van der Waals surface area contributed by atoms with Crippen LogP contribution in [-0.2, 0) is 14.3 Å². The normalized spacial score (nSPS) is 12.1. The minimum atomic E-state index is -0.863. The van der Waals surface area contributed by atoms with Crippen molar-refractivity contribution in [1.82, 2.24) is 16.0 Å². The molecule has 0 spiro atoms. The Morgan fingerprint density at radius 1 is 1.10 bits per heavy atom. The first kappa shape index (κ1) is 18.8. The number of nitrogens with two attached hydrogens (primary N) is 1. The average molecular weight is 288 g/mol. The van der Waals surface area contributed by atoms with Crippen LogP contribution in [-0.4, -0.2) is 49.8 Å². The van der Waals surface area contributed by atoms with Gasteiger partial charge in [0, 0.05) is 12.1 Å². The molecule has 20 heavy (non-hydrogen) atoms. The minimum absolute atomic E-state index is 0.0307. The van der Waals surface area contributed by atoms with E-state index < -0.39 is 5.72 Å². The largest absolute Gasteiger partial charge is 0.354 e. The van der Waals surface area contributed by atoms with E-state index >= 15 is 0 Å². The minimum Gasteiger partial charge on any atom is -0.354 e. The molecule has 0 atom stereocenters. The summed E-state index contributed by atoms with van der Waals surface area (Å²) in [5, 5.41) is 8.36. The molecule has 0 aromatic carbocycles. The molecule has 0 bridgehead atoms. The molecule has 0 aromatic heterocycles. The molecule has 0 unspecified atom stereocenters. The number of hydrogen-bond donors (Lipinski definition) is 4. The first-order valence-corrected chi connectivity index (χ1v) is 6.71. The van der Waals surface area contributed by atoms with Crippen molar-refractivity contribution >= 4 is 11.8 Å². The highest BCUT2D eigenvalue weighted by molar-refractivity contribution is 5.85. The van der Waals surface area contributed by atoms with Gasteiger partial charge >= 0.3 is 0 Å². The van der Waals surface area contributed by atoms with Gasteiger partial charge in [-0.15, -0.1) is 0 Å². The highest BCUT2D eigenvalue weighted by Crippen LogP contribution is 2.04. The van der Waals surface area contributed by atoms with Crippen LogP contribution < -0.4 is 21.7 Å². The molecule has 0 saturated heterocycles. The number of carbonyl (C=O) groups excluding carboxylic acids is 2. The van der Waals surface area contributed by atoms with Crippen molar-refractivity contribution in [3.63, 3.8) is 0 Å². The third-order valence-electron chi connectivity index (χ3n) is 2.77. The third kappa shape index (κ3) is 10.7. The van der Waals surface area contributed by atoms with Gasteiger partial charge in [-0.25, -0.2) is 0 Å². The summed E-state index contributed by atoms with van der Waals surface area (Å²) in [6, 6.07) is 0. The smallest absolute Gasteiger partial charge is 0.246 e. The molecule has 0 aliphatic rings. The van der Waals surface area contributed by atoms with Gasteiger partial charge in [0.2, 0.25) is 11.8 Å². The fourth-order valence-electron chi connectivity index (χ4n) is 1.18. The molecule has 0 radical (unpaired) electrons. The summed E-state index contributed by atoms with van der Waals surface area (Å²) < 4.78 is 5.09. The molecule has 0 heterocycles. The topological polar surface area (TPSA) is 105 Å². The zero-order valence-corrected chi connectivity index (χ0v) is 13.1. The van der Waals surface area contributed by atoms with Crippen molar-refractivity contribution in [2.24, 2.45) is 5.73 Å². The van der Waals surface area contributed by atoms with Crippen molar-refractivity contribution in [2.75, 3.05) is 26.7 Å². The lowest BCUT2D eigenvalue weighted by Crippen LogP contribution is -2.44. The number of nitrogens with one attached hydrogen (secondary N) is 3. The van der Waals surface area contributed by atoms with Gasteiger partial charge in [-0.1, -0.05) is 0 Å². The van der Waals surface area contributed by atoms with Gasteiger partial charge in [-0.2, -0.15) is 0 Å². The van der Waals surface area contributed by atoms with E-state index in [-0.39, 0.29) is 30.5 Å². The van der Waals surface area contributed by atoms with Crippen LogP contribution in [0.3, 0.4) is 0 Å². The lowest BCUT2D eigenvalue weighted by atomic mass is 10.0. The van der Waals surface area contributed by atoms with Crippen molar-refractivity contribution < 1.29 is 14.3 Å². The molecule has 5 N–H and O–H groups in total. The molecule has 0 aliphatic heterocycles. The maximum absolute atomic E-state index is 11.5. The maximum atomic E-state index is 11.5. The second-order valence-electron chi connectivity index (χ2n) is 5.90. The Hall–Kier alpha value is -1.18. The summed E-state index contributed by atoms with van der Waals surface area (Å²) in [5.74, 6) is -0.591. The number of amides is 2. The lowest BCUT2D eigenvalue weighted by Gasteiger charge is -2.23. The van der Waals surface area contributed by atoms with Crippen LogP contribution in [0.1, 0.15) is 34.1 Å². The van der Waals surface area contributed by atoms with Gasteiger partial charge in [0.05, 0.1) is 6.54 Å². The van der Waals surface area contributed by atoms with E-state index in [2.05, 4.69) is 16.0 Å². The fourth-order valence-corrected chi connectivity index (χ4v) is 1.18. The highest BCUT2D eigenvalue weighted by atomic mass is 16.5. The molecule has 7 nitrogen and oxygen atoms in total. The van der Waals surface area contributed by atoms with Crippen LogP contribution in [0.4, 0.5) is 0 Å². The van der Waals surface area contributed by atoms with Crippen molar-refractivity contribution in [2.45, 2.75) is 45.4 Å². The van der Waals surface area contributed by atoms with Crippen LogP contribution in [0, 0.1) is 0 Å². The Bertz CT molecular complexity index is 324. The van der Waals surface area contributed by atoms with Gasteiger partial charge in [-0.3, -0.25) is 9.59 Å². The summed E-state index contributed by atoms with van der Waals surface area (Å²) in [6.07, 6.45) is 0.799. The molecule has 0 aromatic rings. The molecule has 0 aliphatic carbocycles. The summed E-state index contributed by atoms with van der Waals surface area (Å²) in [6.45, 7) is 7.72. The second-order valence-corrected chi connectivity index (χ2v) is 5.90. The van der Waals surface area contributed by atoms with Crippen LogP contribution in [0.25, 0.3) is 0 Å². The predicted octanol–water partition coefficient (Wildman–Crippen LogP) is -0.682. The van der Waals surface area contributed by atoms with Gasteiger partial charge in [-0.05, 0) is 41.2 Å². The monoisotopic (exact) mass is 288 g/mol. The van der Waals surface area contributed by atoms with E-state index in [1.165, 1.54) is 0 Å². The molecule has 7 heteroatoms. The van der Waals surface area contributed by atoms with Gasteiger partial charge in [0.25, 0.3) is 0 Å². The Labute approximate surface area is 121 Å². The van der Waals surface area contributed by atoms with E-state index in [1.54, 1.807) is 13.8 Å². The molecular formula is C13H28N4O3. The van der Waals surface area contributed by atoms with Crippen LogP contribution in [0.15, 0.2) is 0 Å². The number of carbonyl (C=O) groups is 2. The zero-order valence-electron chi connectivity index (χ0n) is 13.1. The van der Waals surface area contributed by atoms with Crippen LogP contribution in [0.2, 0.25) is 0 Å². The maximum Gasteiger partial charge on any atom is 0.246 e. The standard InChI is InChI=1S/C13H28N4O3/c1-12(2,15-5)6-7-16-10(18)8-17-11(19)9-20-13(3,4)14/h15H,6-9,14H2,1-5H3,(H,16,18)(H,17,19). The van der Waals surface area contributed by atoms with Crippen LogP contribution >= 0.6 is 0 Å². The molecule has 118 valence electrons. The first-order valence-electron chi connectivity index (χ1n) is 6.71. The van der Waals surface area contributed by atoms with E-state index in [0.29, 0.717) is 6.54 Å². The Morgan fingerprint density at radius 2 is 1.70 bits per heavy atom. The Kier molecular flexibility index (Phi) is 7.70. The molecule has 0 rings (SSSR count). The van der Waals surface area contributed by atoms with Gasteiger partial charge in [0.15, 0.2) is 0 Å². The van der Waals surface area contributed by atoms with E-state index in [9.17, 15) is 9.59 Å². The van der Waals surface area contributed by atoms with Crippen molar-refractivity contribution in [3.05, 3.63) is 0 Å². The highest BCUT2D eigenvalue weighted by Gasteiger charge is 2.15. The second kappa shape index (κ2) is 8.18. The predicted molar refractivity (Wildman–Crippen MR) is 78.0 cm³/mol. The first-order chi connectivity index (χ1) is 9.06. The van der Waals surface area contributed by atoms with E-state index in [0.717, 1.165) is 6.42 Å². The number of hydrogen-bond acceptors (Lipinski definition) is 5. The molecule has 2 amide bonds. The number of rotatable bonds is 9. The Morgan fingerprint density at radius 3 is 2.20 bits per heavy atom. The van der Waals surface area contributed by atoms with E-state index in [1.807, 2.05) is 20.9 Å². The van der Waals surface area contributed by atoms with Crippen LogP contribution in [0.5, 0.6) is 0 Å². The quantitative estimate of drug-likeness (QED) is 0.421. The third-order valence-corrected chi connectivity index (χ3v) is 2.77. The zero-order chi connectivity index (χ0) is 15.8. The number of ether oxygens (including phenoxy) is 1. The SMILES string of the molecule is CNC(C)(C)CCNC(=O)CNC(=O)COC(C)(C)N. The summed E-state index contributed by atoms with van der Waals surface area (Å²) >= 11 is 0. The molecular weight excluding hydrogens is 260 g/mol. The van der Waals surface area contributed by atoms with Crippen molar-refractivity contribution in [1.29, 1.82) is 0 Å². The van der Waals surface area contributed by atoms with E-state index in [4.69, 9.17) is 10.5 Å². The van der Waals surface area contributed by atoms with Gasteiger partial charge in [0.1, 0.15) is 12.3 Å². The molecule has 0 saturated carbocycles. The average Bonchev–Trinajstić information content (AvgIpc) is 2.32. The fraction of sp³-hybridized carbons (Fsp3) is 0.846. The summed E-state index contributed by atoms with van der Waals surface area (Å²) in [5.41, 5.74) is 4.68. The molecule has 0 fully saturated rings. The Balaban J connectivity index is 3.75. The lowest BCUT2D eigenvalue weighted by molar-refractivity contribution is -0.133.